The van der Waals surface area contributed by atoms with E-state index < -0.39 is 69.7 Å². The van der Waals surface area contributed by atoms with Gasteiger partial charge in [0.15, 0.2) is 5.11 Å². The average molecular weight is 882 g/mol. The van der Waals surface area contributed by atoms with Crippen molar-refractivity contribution >= 4 is 68.6 Å². The number of nitrogens with one attached hydrogen (secondary N) is 4. The van der Waals surface area contributed by atoms with Crippen molar-refractivity contribution in [2.75, 3.05) is 27.0 Å². The molecule has 0 radical (unpaired) electrons. The number of benzene rings is 4. The van der Waals surface area contributed by atoms with Gasteiger partial charge in [-0.1, -0.05) is 12.1 Å². The van der Waals surface area contributed by atoms with Gasteiger partial charge in [0.05, 0.1) is 51.5 Å². The maximum Gasteiger partial charge on any atom is 0.417 e. The molecule has 4 heterocycles. The summed E-state index contributed by atoms with van der Waals surface area (Å²) in [6.45, 7) is 2.72. The fourth-order valence-corrected chi connectivity index (χ4v) is 8.36. The molecule has 2 aliphatic heterocycles. The molecule has 320 valence electrons. The van der Waals surface area contributed by atoms with Crippen LogP contribution in [0.15, 0.2) is 83.9 Å². The molecule has 3 amide bonds. The van der Waals surface area contributed by atoms with Crippen LogP contribution in [-0.4, -0.2) is 59.9 Å². The number of amides is 3. The van der Waals surface area contributed by atoms with Crippen LogP contribution in [0, 0.1) is 23.0 Å². The van der Waals surface area contributed by atoms with Crippen LogP contribution >= 0.6 is 12.2 Å². The van der Waals surface area contributed by atoms with Crippen molar-refractivity contribution in [3.63, 3.8) is 0 Å². The minimum Gasteiger partial charge on any atom is -0.376 e. The number of thiocarbonyl (C=S) groups is 1. The van der Waals surface area contributed by atoms with Gasteiger partial charge in [-0.15, -0.1) is 0 Å². The number of nitriles is 1. The fraction of sp³-hybridized carbons (Fsp3) is 0.214. The number of H-pyrrole nitrogens is 1. The predicted molar refractivity (Wildman–Crippen MR) is 223 cm³/mol. The Morgan fingerprint density at radius 1 is 1.00 bits per heavy atom. The molecule has 0 unspecified atom stereocenters. The van der Waals surface area contributed by atoms with E-state index in [9.17, 15) is 42.0 Å². The number of carbonyl (C=O) groups is 3. The Balaban J connectivity index is 0.914. The summed E-state index contributed by atoms with van der Waals surface area (Å²) in [4.78, 5) is 58.6. The standard InChI is InChI=1S/C42H32F5N11O4S/c1-41(2)39(62)57(24-9-6-21(18-48)28(16-24)42(45,46)47)40(63)58(41)25-10-11-26(29(44)17-25)37(60)49-13-12-31(59)52-23-7-4-20(5-8-23)34-33(36-50-19-51-56(36)3)35-32-27(38(61)55-54-35)14-22(43)15-30(32)53-34/h4-11,14-17,19,33-34,53H,12-13H2,1-3H3,(H,49,60)(H,52,59)(H,55,61)/t33-,34-/m1/s1. The highest BCUT2D eigenvalue weighted by Gasteiger charge is 2.51. The van der Waals surface area contributed by atoms with Gasteiger partial charge in [-0.25, -0.2) is 18.9 Å². The molecule has 4 N–H and O–H groups in total. The van der Waals surface area contributed by atoms with Crippen molar-refractivity contribution < 1.29 is 36.3 Å². The normalized spacial score (nSPS) is 16.8. The summed E-state index contributed by atoms with van der Waals surface area (Å²) < 4.78 is 72.9. The molecule has 2 aromatic heterocycles. The number of hydrogen-bond acceptors (Lipinski definition) is 10. The second-order valence-electron chi connectivity index (χ2n) is 15.2. The van der Waals surface area contributed by atoms with E-state index in [0.717, 1.165) is 35.2 Å². The van der Waals surface area contributed by atoms with Gasteiger partial charge in [0.2, 0.25) is 5.91 Å². The van der Waals surface area contributed by atoms with Crippen molar-refractivity contribution in [2.45, 2.75) is 43.9 Å². The summed E-state index contributed by atoms with van der Waals surface area (Å²) in [5.74, 6) is -3.69. The lowest BCUT2D eigenvalue weighted by atomic mass is 9.83. The van der Waals surface area contributed by atoms with Crippen LogP contribution in [0.25, 0.3) is 10.8 Å². The van der Waals surface area contributed by atoms with E-state index in [1.165, 1.54) is 43.3 Å². The van der Waals surface area contributed by atoms with E-state index in [4.69, 9.17) is 12.2 Å². The lowest BCUT2D eigenvalue weighted by Gasteiger charge is -2.33. The van der Waals surface area contributed by atoms with Gasteiger partial charge in [-0.2, -0.15) is 28.6 Å². The van der Waals surface area contributed by atoms with E-state index in [1.807, 2.05) is 0 Å². The van der Waals surface area contributed by atoms with Gasteiger partial charge in [-0.05, 0) is 92.3 Å². The smallest absolute Gasteiger partial charge is 0.376 e. The van der Waals surface area contributed by atoms with Gasteiger partial charge < -0.3 is 20.9 Å². The molecule has 2 aliphatic rings. The number of hydrogen-bond donors (Lipinski definition) is 4. The van der Waals surface area contributed by atoms with Crippen LogP contribution in [0.5, 0.6) is 0 Å². The topological polar surface area (TPSA) is 194 Å². The molecule has 6 aromatic rings. The zero-order valence-electron chi connectivity index (χ0n) is 33.1. The van der Waals surface area contributed by atoms with Gasteiger partial charge in [0.25, 0.3) is 17.4 Å². The molecule has 1 fully saturated rings. The maximum atomic E-state index is 15.5. The Morgan fingerprint density at radius 2 is 1.73 bits per heavy atom. The third kappa shape index (κ3) is 7.47. The van der Waals surface area contributed by atoms with E-state index in [-0.39, 0.29) is 40.4 Å². The first-order valence-corrected chi connectivity index (χ1v) is 19.4. The lowest BCUT2D eigenvalue weighted by molar-refractivity contribution is -0.137. The molecule has 8 rings (SSSR count). The number of halogens is 5. The molecule has 1 saturated heterocycles. The number of aromatic amines is 1. The maximum absolute atomic E-state index is 15.5. The number of carbonyl (C=O) groups excluding carboxylic acids is 3. The number of nitrogens with zero attached hydrogens (tertiary/aromatic N) is 7. The first-order chi connectivity index (χ1) is 29.9. The molecule has 0 spiro atoms. The van der Waals surface area contributed by atoms with Crippen molar-refractivity contribution in [1.29, 1.82) is 5.26 Å². The summed E-state index contributed by atoms with van der Waals surface area (Å²) in [6.07, 6.45) is -3.70. The van der Waals surface area contributed by atoms with Crippen LogP contribution in [0.4, 0.5) is 44.7 Å². The van der Waals surface area contributed by atoms with E-state index in [0.29, 0.717) is 39.9 Å². The molecule has 0 bridgehead atoms. The molecule has 0 aliphatic carbocycles. The van der Waals surface area contributed by atoms with Crippen molar-refractivity contribution in [3.8, 4) is 6.07 Å². The zero-order valence-corrected chi connectivity index (χ0v) is 34.0. The molecular weight excluding hydrogens is 850 g/mol. The Labute approximate surface area is 358 Å². The summed E-state index contributed by atoms with van der Waals surface area (Å²) in [6, 6.07) is 16.3. The van der Waals surface area contributed by atoms with E-state index in [1.54, 1.807) is 36.0 Å². The van der Waals surface area contributed by atoms with Crippen LogP contribution in [-0.2, 0) is 22.8 Å². The highest BCUT2D eigenvalue weighted by molar-refractivity contribution is 7.81. The lowest BCUT2D eigenvalue weighted by Crippen LogP contribution is -2.44. The van der Waals surface area contributed by atoms with Crippen molar-refractivity contribution in [3.05, 3.63) is 135 Å². The van der Waals surface area contributed by atoms with Gasteiger partial charge in [-0.3, -0.25) is 28.8 Å². The molecule has 21 heteroatoms. The Morgan fingerprint density at radius 3 is 2.40 bits per heavy atom. The minimum atomic E-state index is -4.89. The first kappa shape index (κ1) is 42.1. The largest absolute Gasteiger partial charge is 0.417 e. The second-order valence-corrected chi connectivity index (χ2v) is 15.5. The third-order valence-corrected chi connectivity index (χ3v) is 11.2. The highest BCUT2D eigenvalue weighted by Crippen LogP contribution is 2.46. The first-order valence-electron chi connectivity index (χ1n) is 19.0. The van der Waals surface area contributed by atoms with E-state index in [2.05, 4.69) is 36.2 Å². The highest BCUT2D eigenvalue weighted by atomic mass is 32.1. The number of aromatic nitrogens is 5. The van der Waals surface area contributed by atoms with Gasteiger partial charge in [0.1, 0.15) is 29.3 Å². The van der Waals surface area contributed by atoms with Gasteiger partial charge >= 0.3 is 6.18 Å². The Kier molecular flexibility index (Phi) is 10.5. The number of anilines is 4. The number of rotatable bonds is 9. The summed E-state index contributed by atoms with van der Waals surface area (Å²) in [5, 5.41) is 29.1. The van der Waals surface area contributed by atoms with Crippen LogP contribution < -0.4 is 31.3 Å². The fourth-order valence-electron chi connectivity index (χ4n) is 7.84. The molecule has 15 nitrogen and oxygen atoms in total. The minimum absolute atomic E-state index is 0.0394. The van der Waals surface area contributed by atoms with Crippen LogP contribution in [0.3, 0.4) is 0 Å². The second kappa shape index (κ2) is 15.7. The monoisotopic (exact) mass is 881 g/mol. The molecule has 0 saturated carbocycles. The molecule has 4 aromatic carbocycles. The predicted octanol–water partition coefficient (Wildman–Crippen LogP) is 6.19. The molecule has 63 heavy (non-hydrogen) atoms. The average Bonchev–Trinajstić information content (AvgIpc) is 3.73. The number of alkyl halides is 3. The Hall–Kier alpha value is -7.60. The molecular formula is C42H32F5N11O4S. The summed E-state index contributed by atoms with van der Waals surface area (Å²) in [7, 11) is 1.71. The molecule has 2 atom stereocenters. The SMILES string of the molecule is Cn1ncnc1[C@H]1c2n[nH]c(=O)c3cc(F)cc(c23)N[C@@H]1c1ccc(NC(=O)CCNC(=O)c2ccc(N3C(=S)N(c4ccc(C#N)c(C(F)(F)F)c4)C(=O)C3(C)C)cc2F)cc1. The van der Waals surface area contributed by atoms with E-state index >= 15 is 4.39 Å². The van der Waals surface area contributed by atoms with Crippen LogP contribution in [0.2, 0.25) is 0 Å². The van der Waals surface area contributed by atoms with Crippen molar-refractivity contribution in [1.82, 2.24) is 30.3 Å². The zero-order chi connectivity index (χ0) is 45.1. The Bertz CT molecular complexity index is 3000. The quantitative estimate of drug-likeness (QED) is 0.0956. The summed E-state index contributed by atoms with van der Waals surface area (Å²) >= 11 is 5.51. The third-order valence-electron chi connectivity index (χ3n) is 10.8. The van der Waals surface area contributed by atoms with Crippen molar-refractivity contribution in [2.24, 2.45) is 7.05 Å². The van der Waals surface area contributed by atoms with Crippen LogP contribution in [0.1, 0.15) is 70.8 Å². The summed E-state index contributed by atoms with van der Waals surface area (Å²) in [5.41, 5.74) is -2.57. The van der Waals surface area contributed by atoms with Gasteiger partial charge in [0, 0.05) is 42.5 Å². The number of aryl methyl sites for hydroxylation is 1.